The number of hydrogen-bond acceptors (Lipinski definition) is 2. The molecule has 2 heteroatoms. The van der Waals surface area contributed by atoms with Crippen molar-refractivity contribution in [2.24, 2.45) is 40.4 Å². The largest absolute Gasteiger partial charge is 0.295 e. The zero-order chi connectivity index (χ0) is 16.6. The summed E-state index contributed by atoms with van der Waals surface area (Å²) in [7, 11) is 0. The quantitative estimate of drug-likeness (QED) is 0.666. The van der Waals surface area contributed by atoms with Gasteiger partial charge in [0.25, 0.3) is 0 Å². The van der Waals surface area contributed by atoms with Gasteiger partial charge in [0.1, 0.15) is 0 Å². The van der Waals surface area contributed by atoms with Crippen LogP contribution < -0.4 is 0 Å². The third-order valence-electron chi connectivity index (χ3n) is 8.18. The molecule has 0 N–H and O–H groups in total. The molecule has 0 amide bonds. The van der Waals surface area contributed by atoms with Gasteiger partial charge in [-0.25, -0.2) is 0 Å². The molecule has 4 unspecified atom stereocenters. The Morgan fingerprint density at radius 1 is 1.09 bits per heavy atom. The third-order valence-corrected chi connectivity index (χ3v) is 8.18. The van der Waals surface area contributed by atoms with Crippen molar-refractivity contribution in [3.05, 3.63) is 23.8 Å². The Hall–Kier alpha value is -1.18. The average molecular weight is 312 g/mol. The first-order valence-electron chi connectivity index (χ1n) is 9.26. The molecule has 0 heterocycles. The molecule has 4 rings (SSSR count). The van der Waals surface area contributed by atoms with E-state index in [9.17, 15) is 9.59 Å². The van der Waals surface area contributed by atoms with Crippen LogP contribution in [0.4, 0.5) is 0 Å². The summed E-state index contributed by atoms with van der Waals surface area (Å²) in [5.41, 5.74) is 1.39. The van der Waals surface area contributed by atoms with E-state index in [2.05, 4.69) is 33.8 Å². The fourth-order valence-corrected chi connectivity index (χ4v) is 6.54. The lowest BCUT2D eigenvalue weighted by molar-refractivity contribution is -0.134. The fourth-order valence-electron chi connectivity index (χ4n) is 6.54. The van der Waals surface area contributed by atoms with E-state index in [0.717, 1.165) is 19.3 Å². The molecule has 2 fully saturated rings. The van der Waals surface area contributed by atoms with E-state index in [-0.39, 0.29) is 10.8 Å². The van der Waals surface area contributed by atoms with Gasteiger partial charge in [0.2, 0.25) is 0 Å². The predicted molar refractivity (Wildman–Crippen MR) is 90.7 cm³/mol. The first-order valence-corrected chi connectivity index (χ1v) is 9.26. The highest BCUT2D eigenvalue weighted by Crippen LogP contribution is 2.65. The molecular formula is C21H28O2. The molecule has 0 aromatic carbocycles. The van der Waals surface area contributed by atoms with Gasteiger partial charge in [-0.05, 0) is 66.4 Å². The van der Waals surface area contributed by atoms with Gasteiger partial charge in [-0.15, -0.1) is 0 Å². The number of rotatable bonds is 0. The van der Waals surface area contributed by atoms with Gasteiger partial charge in [0, 0.05) is 11.8 Å². The third kappa shape index (κ3) is 1.81. The Morgan fingerprint density at radius 3 is 2.57 bits per heavy atom. The lowest BCUT2D eigenvalue weighted by atomic mass is 9.43. The van der Waals surface area contributed by atoms with Crippen LogP contribution in [0.1, 0.15) is 53.4 Å². The number of carbonyl (C=O) groups is 2. The van der Waals surface area contributed by atoms with Crippen LogP contribution in [0.5, 0.6) is 0 Å². The van der Waals surface area contributed by atoms with Crippen molar-refractivity contribution in [3.8, 4) is 0 Å². The van der Waals surface area contributed by atoms with Crippen LogP contribution >= 0.6 is 0 Å². The summed E-state index contributed by atoms with van der Waals surface area (Å²) in [5, 5.41) is 0. The Bertz CT molecular complexity index is 642. The highest BCUT2D eigenvalue weighted by atomic mass is 16.1. The summed E-state index contributed by atoms with van der Waals surface area (Å²) in [6, 6.07) is 0. The molecule has 0 bridgehead atoms. The molecule has 0 aliphatic heterocycles. The van der Waals surface area contributed by atoms with Crippen molar-refractivity contribution < 1.29 is 9.59 Å². The van der Waals surface area contributed by atoms with E-state index in [1.807, 2.05) is 12.2 Å². The van der Waals surface area contributed by atoms with Gasteiger partial charge < -0.3 is 0 Å². The first-order chi connectivity index (χ1) is 10.8. The maximum Gasteiger partial charge on any atom is 0.161 e. The minimum Gasteiger partial charge on any atom is -0.295 e. The Balaban J connectivity index is 1.81. The maximum absolute atomic E-state index is 12.5. The Labute approximate surface area is 139 Å². The predicted octanol–water partition coefficient (Wildman–Crippen LogP) is 4.36. The lowest BCUT2D eigenvalue weighted by Gasteiger charge is -2.60. The summed E-state index contributed by atoms with van der Waals surface area (Å²) >= 11 is 0. The summed E-state index contributed by atoms with van der Waals surface area (Å²) < 4.78 is 0. The molecule has 23 heavy (non-hydrogen) atoms. The van der Waals surface area contributed by atoms with Crippen molar-refractivity contribution in [2.45, 2.75) is 53.4 Å². The van der Waals surface area contributed by atoms with Gasteiger partial charge in [-0.2, -0.15) is 0 Å². The summed E-state index contributed by atoms with van der Waals surface area (Å²) in [6.07, 6.45) is 9.87. The van der Waals surface area contributed by atoms with E-state index >= 15 is 0 Å². The standard InChI is InChI=1S/C21H28O2/c1-12-13(2)19-15-5-6-18(23)21(15,4)10-8-16(19)20(3)9-7-14(22)11-17(12)20/h5-6,11-13,15-16,19H,7-10H2,1-4H3/t12?,13-,15?,16?,19?,20+,21-/m0/s1. The normalized spacial score (nSPS) is 51.8. The molecule has 0 spiro atoms. The zero-order valence-corrected chi connectivity index (χ0v) is 14.8. The van der Waals surface area contributed by atoms with Gasteiger partial charge in [0.15, 0.2) is 11.6 Å². The van der Waals surface area contributed by atoms with Gasteiger partial charge in [0.05, 0.1) is 0 Å². The van der Waals surface area contributed by atoms with Gasteiger partial charge in [-0.1, -0.05) is 39.3 Å². The Morgan fingerprint density at radius 2 is 1.83 bits per heavy atom. The zero-order valence-electron chi connectivity index (χ0n) is 14.8. The number of carbonyl (C=O) groups excluding carboxylic acids is 2. The fraction of sp³-hybridized carbons (Fsp3) is 0.714. The van der Waals surface area contributed by atoms with E-state index < -0.39 is 0 Å². The van der Waals surface area contributed by atoms with Crippen LogP contribution in [0.15, 0.2) is 23.8 Å². The van der Waals surface area contributed by atoms with Crippen molar-refractivity contribution in [1.82, 2.24) is 0 Å². The van der Waals surface area contributed by atoms with Gasteiger partial charge >= 0.3 is 0 Å². The molecule has 7 atom stereocenters. The molecule has 0 saturated heterocycles. The minimum atomic E-state index is -0.169. The number of ketones is 2. The molecule has 4 aliphatic carbocycles. The van der Waals surface area contributed by atoms with Crippen molar-refractivity contribution >= 4 is 11.6 Å². The first kappa shape index (κ1) is 15.4. The number of fused-ring (bicyclic) bond motifs is 5. The van der Waals surface area contributed by atoms with E-state index in [0.29, 0.717) is 47.6 Å². The van der Waals surface area contributed by atoms with Crippen LogP contribution in [0.25, 0.3) is 0 Å². The molecule has 4 aliphatic rings. The van der Waals surface area contributed by atoms with Crippen LogP contribution in [0.3, 0.4) is 0 Å². The monoisotopic (exact) mass is 312 g/mol. The van der Waals surface area contributed by atoms with E-state index in [4.69, 9.17) is 0 Å². The molecule has 0 aromatic heterocycles. The topological polar surface area (TPSA) is 34.1 Å². The van der Waals surface area contributed by atoms with Gasteiger partial charge in [-0.3, -0.25) is 9.59 Å². The highest BCUT2D eigenvalue weighted by Gasteiger charge is 2.60. The number of allylic oxidation sites excluding steroid dienone is 4. The SMILES string of the molecule is CC1C2=CC(=O)CC[C@]2(C)C2CC[C@]3(C)C(=O)C=CC3C2[C@H]1C. The lowest BCUT2D eigenvalue weighted by Crippen LogP contribution is -2.55. The average Bonchev–Trinajstić information content (AvgIpc) is 2.82. The smallest absolute Gasteiger partial charge is 0.161 e. The van der Waals surface area contributed by atoms with Crippen molar-refractivity contribution in [1.29, 1.82) is 0 Å². The minimum absolute atomic E-state index is 0.158. The highest BCUT2D eigenvalue weighted by molar-refractivity contribution is 5.97. The number of hydrogen-bond donors (Lipinski definition) is 0. The van der Waals surface area contributed by atoms with E-state index in [1.54, 1.807) is 0 Å². The van der Waals surface area contributed by atoms with E-state index in [1.165, 1.54) is 5.57 Å². The summed E-state index contributed by atoms with van der Waals surface area (Å²) in [5.74, 6) is 3.20. The molecule has 2 saturated carbocycles. The summed E-state index contributed by atoms with van der Waals surface area (Å²) in [6.45, 7) is 9.24. The summed E-state index contributed by atoms with van der Waals surface area (Å²) in [4.78, 5) is 24.5. The van der Waals surface area contributed by atoms with Crippen LogP contribution in [-0.2, 0) is 9.59 Å². The molecular weight excluding hydrogens is 284 g/mol. The van der Waals surface area contributed by atoms with Crippen LogP contribution in [0, 0.1) is 40.4 Å². The molecule has 0 radical (unpaired) electrons. The van der Waals surface area contributed by atoms with Crippen LogP contribution in [-0.4, -0.2) is 11.6 Å². The maximum atomic E-state index is 12.5. The second-order valence-corrected chi connectivity index (χ2v) is 9.02. The molecule has 2 nitrogen and oxygen atoms in total. The second-order valence-electron chi connectivity index (χ2n) is 9.02. The van der Waals surface area contributed by atoms with Crippen molar-refractivity contribution in [2.75, 3.05) is 0 Å². The second kappa shape index (κ2) is 4.68. The van der Waals surface area contributed by atoms with Crippen molar-refractivity contribution in [3.63, 3.8) is 0 Å². The molecule has 0 aromatic rings. The Kier molecular flexibility index (Phi) is 3.12. The molecule has 124 valence electrons. The van der Waals surface area contributed by atoms with Crippen LogP contribution in [0.2, 0.25) is 0 Å².